The van der Waals surface area contributed by atoms with Gasteiger partial charge in [-0.2, -0.15) is 0 Å². The monoisotopic (exact) mass is 149 g/mol. The van der Waals surface area contributed by atoms with E-state index >= 15 is 0 Å². The van der Waals surface area contributed by atoms with Crippen molar-refractivity contribution in [2.24, 2.45) is 5.73 Å². The summed E-state index contributed by atoms with van der Waals surface area (Å²) in [6.45, 7) is 0.612. The van der Waals surface area contributed by atoms with E-state index in [1.807, 2.05) is 0 Å². The maximum absolute atomic E-state index is 9.81. The molecule has 6 heteroatoms. The van der Waals surface area contributed by atoms with Crippen LogP contribution in [0.15, 0.2) is 0 Å². The summed E-state index contributed by atoms with van der Waals surface area (Å²) in [6.07, 6.45) is 0. The molecule has 0 bridgehead atoms. The molecule has 0 radical (unpaired) electrons. The van der Waals surface area contributed by atoms with Crippen molar-refractivity contribution in [3.63, 3.8) is 0 Å². The highest BCUT2D eigenvalue weighted by Gasteiger charge is 1.93. The number of hydrogen-bond acceptors (Lipinski definition) is 5. The van der Waals surface area contributed by atoms with Gasteiger partial charge in [0.2, 0.25) is 0 Å². The lowest BCUT2D eigenvalue weighted by atomic mass is 10.7. The van der Waals surface area contributed by atoms with E-state index < -0.39 is 5.97 Å². The number of nitrogens with two attached hydrogens (primary N) is 1. The molecule has 0 aliphatic heterocycles. The Morgan fingerprint density at radius 2 is 2.40 bits per heavy atom. The molecule has 0 amide bonds. The minimum Gasteiger partial charge on any atom is -0.479 e. The van der Waals surface area contributed by atoms with Gasteiger partial charge < -0.3 is 10.8 Å². The standard InChI is InChI=1S/C4H11N3O3/c5-1-2-6-7-10-3-4(8)9/h6-7H,1-3,5H2,(H,8,9). The van der Waals surface area contributed by atoms with Gasteiger partial charge in [0.25, 0.3) is 0 Å². The lowest BCUT2D eigenvalue weighted by molar-refractivity contribution is -0.146. The molecule has 0 spiro atoms. The van der Waals surface area contributed by atoms with E-state index in [1.54, 1.807) is 0 Å². The van der Waals surface area contributed by atoms with Crippen molar-refractivity contribution >= 4 is 5.97 Å². The summed E-state index contributed by atoms with van der Waals surface area (Å²) < 4.78 is 0. The summed E-state index contributed by atoms with van der Waals surface area (Å²) in [5.41, 5.74) is 9.83. The topological polar surface area (TPSA) is 96.6 Å². The minimum atomic E-state index is -1.03. The van der Waals surface area contributed by atoms with E-state index in [1.165, 1.54) is 0 Å². The third-order valence-corrected chi connectivity index (χ3v) is 0.609. The van der Waals surface area contributed by atoms with E-state index in [0.717, 1.165) is 0 Å². The molecule has 0 aromatic rings. The number of hydrogen-bond donors (Lipinski definition) is 4. The van der Waals surface area contributed by atoms with Crippen molar-refractivity contribution in [3.05, 3.63) is 0 Å². The third-order valence-electron chi connectivity index (χ3n) is 0.609. The molecule has 6 nitrogen and oxygen atoms in total. The SMILES string of the molecule is NCCNNOCC(=O)O. The Balaban J connectivity index is 2.84. The fraction of sp³-hybridized carbons (Fsp3) is 0.750. The Morgan fingerprint density at radius 1 is 1.70 bits per heavy atom. The molecule has 0 saturated heterocycles. The van der Waals surface area contributed by atoms with E-state index in [-0.39, 0.29) is 6.61 Å². The minimum absolute atomic E-state index is 0.377. The van der Waals surface area contributed by atoms with Crippen LogP contribution in [0.5, 0.6) is 0 Å². The Morgan fingerprint density at radius 3 is 2.90 bits per heavy atom. The second-order valence-electron chi connectivity index (χ2n) is 1.50. The Bertz CT molecular complexity index is 97.7. The molecule has 0 aliphatic carbocycles. The van der Waals surface area contributed by atoms with Crippen molar-refractivity contribution in [2.75, 3.05) is 19.7 Å². The molecule has 0 unspecified atom stereocenters. The quantitative estimate of drug-likeness (QED) is 0.259. The number of carbonyl (C=O) groups is 1. The van der Waals surface area contributed by atoms with Crippen LogP contribution >= 0.6 is 0 Å². The van der Waals surface area contributed by atoms with Gasteiger partial charge >= 0.3 is 5.97 Å². The summed E-state index contributed by atoms with van der Waals surface area (Å²) in [6, 6.07) is 0. The number of aliphatic carboxylic acids is 1. The number of rotatable bonds is 6. The molecule has 0 atom stereocenters. The summed E-state index contributed by atoms with van der Waals surface area (Å²) in [5, 5.41) is 8.05. The molecule has 0 heterocycles. The van der Waals surface area contributed by atoms with Crippen LogP contribution in [0.25, 0.3) is 0 Å². The second kappa shape index (κ2) is 6.43. The summed E-state index contributed by atoms with van der Waals surface area (Å²) in [4.78, 5) is 14.2. The largest absolute Gasteiger partial charge is 0.479 e. The van der Waals surface area contributed by atoms with Gasteiger partial charge in [0.05, 0.1) is 0 Å². The molecule has 0 fully saturated rings. The summed E-state index contributed by atoms with van der Waals surface area (Å²) in [7, 11) is 0. The van der Waals surface area contributed by atoms with Gasteiger partial charge in [-0.1, -0.05) is 0 Å². The maximum atomic E-state index is 9.81. The van der Waals surface area contributed by atoms with Crippen LogP contribution in [-0.2, 0) is 9.63 Å². The molecule has 0 aromatic carbocycles. The Labute approximate surface area is 58.3 Å². The van der Waals surface area contributed by atoms with Crippen LogP contribution in [0.3, 0.4) is 0 Å². The predicted molar refractivity (Wildman–Crippen MR) is 33.8 cm³/mol. The highest BCUT2D eigenvalue weighted by atomic mass is 16.7. The maximum Gasteiger partial charge on any atom is 0.331 e. The van der Waals surface area contributed by atoms with E-state index in [4.69, 9.17) is 10.8 Å². The average Bonchev–Trinajstić information content (AvgIpc) is 1.87. The van der Waals surface area contributed by atoms with Crippen LogP contribution < -0.4 is 16.7 Å². The fourth-order valence-electron chi connectivity index (χ4n) is 0.272. The first-order valence-corrected chi connectivity index (χ1v) is 2.79. The smallest absolute Gasteiger partial charge is 0.331 e. The number of carboxylic acids is 1. The van der Waals surface area contributed by atoms with E-state index in [0.29, 0.717) is 13.1 Å². The highest BCUT2D eigenvalue weighted by Crippen LogP contribution is 1.63. The van der Waals surface area contributed by atoms with Gasteiger partial charge in [0, 0.05) is 13.1 Å². The molecule has 0 rings (SSSR count). The van der Waals surface area contributed by atoms with Crippen molar-refractivity contribution in [3.8, 4) is 0 Å². The van der Waals surface area contributed by atoms with Gasteiger partial charge in [-0.3, -0.25) is 4.84 Å². The summed E-state index contributed by atoms with van der Waals surface area (Å²) >= 11 is 0. The lowest BCUT2D eigenvalue weighted by Crippen LogP contribution is -2.36. The Kier molecular flexibility index (Phi) is 5.99. The molecule has 10 heavy (non-hydrogen) atoms. The zero-order valence-electron chi connectivity index (χ0n) is 5.46. The molecule has 0 saturated carbocycles. The van der Waals surface area contributed by atoms with Crippen molar-refractivity contribution in [2.45, 2.75) is 0 Å². The van der Waals surface area contributed by atoms with Crippen LogP contribution in [0.4, 0.5) is 0 Å². The van der Waals surface area contributed by atoms with Crippen molar-refractivity contribution in [1.82, 2.24) is 11.0 Å². The zero-order chi connectivity index (χ0) is 7.82. The normalized spacial score (nSPS) is 9.70. The van der Waals surface area contributed by atoms with Gasteiger partial charge in [0.1, 0.15) is 0 Å². The Hall–Kier alpha value is -0.690. The number of nitrogens with one attached hydrogen (secondary N) is 2. The van der Waals surface area contributed by atoms with E-state index in [9.17, 15) is 4.79 Å². The third kappa shape index (κ3) is 7.31. The predicted octanol–water partition coefficient (Wildman–Crippen LogP) is -1.94. The molecule has 0 aromatic heterocycles. The van der Waals surface area contributed by atoms with Gasteiger partial charge in [-0.05, 0) is 0 Å². The van der Waals surface area contributed by atoms with Gasteiger partial charge in [-0.25, -0.2) is 10.2 Å². The fourth-order valence-corrected chi connectivity index (χ4v) is 0.272. The zero-order valence-corrected chi connectivity index (χ0v) is 5.46. The average molecular weight is 149 g/mol. The van der Waals surface area contributed by atoms with Gasteiger partial charge in [0.15, 0.2) is 6.61 Å². The molecule has 5 N–H and O–H groups in total. The first-order chi connectivity index (χ1) is 4.77. The molecule has 0 aliphatic rings. The first kappa shape index (κ1) is 9.31. The number of carboxylic acid groups (broad SMARTS) is 1. The van der Waals surface area contributed by atoms with Gasteiger partial charge in [-0.15, -0.1) is 5.59 Å². The number of hydrazine groups is 1. The van der Waals surface area contributed by atoms with E-state index in [2.05, 4.69) is 15.9 Å². The first-order valence-electron chi connectivity index (χ1n) is 2.79. The highest BCUT2D eigenvalue weighted by molar-refractivity contribution is 5.67. The van der Waals surface area contributed by atoms with Crippen LogP contribution in [-0.4, -0.2) is 30.8 Å². The lowest BCUT2D eigenvalue weighted by Gasteiger charge is -2.02. The van der Waals surface area contributed by atoms with Crippen LogP contribution in [0.2, 0.25) is 0 Å². The van der Waals surface area contributed by atoms with Crippen LogP contribution in [0, 0.1) is 0 Å². The second-order valence-corrected chi connectivity index (χ2v) is 1.50. The molecular weight excluding hydrogens is 138 g/mol. The molecule has 60 valence electrons. The summed E-state index contributed by atoms with van der Waals surface area (Å²) in [5.74, 6) is -1.03. The van der Waals surface area contributed by atoms with Crippen molar-refractivity contribution in [1.29, 1.82) is 0 Å². The van der Waals surface area contributed by atoms with Crippen molar-refractivity contribution < 1.29 is 14.7 Å². The van der Waals surface area contributed by atoms with Crippen LogP contribution in [0.1, 0.15) is 0 Å². The molecular formula is C4H11N3O3.